The summed E-state index contributed by atoms with van der Waals surface area (Å²) >= 11 is 0. The van der Waals surface area contributed by atoms with Crippen LogP contribution in [0.5, 0.6) is 5.75 Å². The molecule has 0 spiro atoms. The summed E-state index contributed by atoms with van der Waals surface area (Å²) in [4.78, 5) is 10.4. The summed E-state index contributed by atoms with van der Waals surface area (Å²) in [5.74, 6) is 0.708. The normalized spacial score (nSPS) is 10.4. The topological polar surface area (TPSA) is 71.7 Å². The van der Waals surface area contributed by atoms with E-state index in [2.05, 4.69) is 5.32 Å². The van der Waals surface area contributed by atoms with E-state index in [0.717, 1.165) is 16.5 Å². The molecule has 17 heavy (non-hydrogen) atoms. The minimum Gasteiger partial charge on any atom is -0.496 e. The molecule has 1 aromatic heterocycles. The Morgan fingerprint density at radius 2 is 2.35 bits per heavy atom. The van der Waals surface area contributed by atoms with Crippen LogP contribution >= 0.6 is 0 Å². The molecule has 0 fully saturated rings. The molecule has 2 aromatic rings. The average Bonchev–Trinajstić information content (AvgIpc) is 2.74. The van der Waals surface area contributed by atoms with E-state index in [1.807, 2.05) is 18.2 Å². The highest BCUT2D eigenvalue weighted by Crippen LogP contribution is 2.26. The fourth-order valence-corrected chi connectivity index (χ4v) is 1.73. The van der Waals surface area contributed by atoms with Crippen LogP contribution in [0, 0.1) is 0 Å². The van der Waals surface area contributed by atoms with Crippen molar-refractivity contribution in [2.45, 2.75) is 6.42 Å². The third-order valence-electron chi connectivity index (χ3n) is 2.53. The van der Waals surface area contributed by atoms with Crippen LogP contribution in [0.3, 0.4) is 0 Å². The number of carboxylic acid groups (broad SMARTS) is 1. The summed E-state index contributed by atoms with van der Waals surface area (Å²) in [7, 11) is 1.58. The smallest absolute Gasteiger partial charge is 0.404 e. The summed E-state index contributed by atoms with van der Waals surface area (Å²) in [5.41, 5.74) is 1.71. The van der Waals surface area contributed by atoms with Crippen molar-refractivity contribution >= 4 is 17.1 Å². The molecule has 0 aliphatic heterocycles. The maximum absolute atomic E-state index is 10.4. The van der Waals surface area contributed by atoms with Crippen LogP contribution in [0.15, 0.2) is 28.9 Å². The van der Waals surface area contributed by atoms with E-state index < -0.39 is 6.09 Å². The van der Waals surface area contributed by atoms with Crippen molar-refractivity contribution in [1.29, 1.82) is 0 Å². The summed E-state index contributed by atoms with van der Waals surface area (Å²) in [6.07, 6.45) is 1.17. The van der Waals surface area contributed by atoms with Crippen LogP contribution in [-0.4, -0.2) is 24.9 Å². The zero-order valence-corrected chi connectivity index (χ0v) is 9.40. The molecule has 2 N–H and O–H groups in total. The Balaban J connectivity index is 2.21. The minimum absolute atomic E-state index is 0.356. The van der Waals surface area contributed by atoms with Crippen LogP contribution in [-0.2, 0) is 6.42 Å². The molecule has 0 aliphatic rings. The highest BCUT2D eigenvalue weighted by molar-refractivity contribution is 5.80. The van der Waals surface area contributed by atoms with E-state index in [4.69, 9.17) is 14.3 Å². The number of benzene rings is 1. The molecule has 5 nitrogen and oxygen atoms in total. The van der Waals surface area contributed by atoms with Gasteiger partial charge in [-0.25, -0.2) is 4.79 Å². The van der Waals surface area contributed by atoms with Crippen molar-refractivity contribution in [2.24, 2.45) is 0 Å². The molecular weight excluding hydrogens is 222 g/mol. The van der Waals surface area contributed by atoms with Gasteiger partial charge in [-0.05, 0) is 24.1 Å². The van der Waals surface area contributed by atoms with Crippen LogP contribution in [0.1, 0.15) is 5.56 Å². The number of ether oxygens (including phenoxy) is 1. The highest BCUT2D eigenvalue weighted by Gasteiger charge is 2.07. The van der Waals surface area contributed by atoms with E-state index in [1.54, 1.807) is 13.4 Å². The van der Waals surface area contributed by atoms with E-state index in [0.29, 0.717) is 18.7 Å². The lowest BCUT2D eigenvalue weighted by Crippen LogP contribution is -2.23. The number of nitrogens with one attached hydrogen (secondary N) is 1. The Morgan fingerprint density at radius 3 is 3.06 bits per heavy atom. The Morgan fingerprint density at radius 1 is 1.53 bits per heavy atom. The van der Waals surface area contributed by atoms with Gasteiger partial charge in [0.2, 0.25) is 0 Å². The fraction of sp³-hybridized carbons (Fsp3) is 0.250. The largest absolute Gasteiger partial charge is 0.496 e. The van der Waals surface area contributed by atoms with E-state index in [-0.39, 0.29) is 0 Å². The zero-order chi connectivity index (χ0) is 12.3. The number of methoxy groups -OCH3 is 1. The predicted molar refractivity (Wildman–Crippen MR) is 62.5 cm³/mol. The van der Waals surface area contributed by atoms with Crippen molar-refractivity contribution < 1.29 is 19.1 Å². The van der Waals surface area contributed by atoms with Crippen LogP contribution in [0.2, 0.25) is 0 Å². The number of fused-ring (bicyclic) bond motifs is 1. The summed E-state index contributed by atoms with van der Waals surface area (Å²) in [6, 6.07) is 5.62. The highest BCUT2D eigenvalue weighted by atomic mass is 16.5. The van der Waals surface area contributed by atoms with Gasteiger partial charge in [-0.2, -0.15) is 0 Å². The number of hydrogen-bond donors (Lipinski definition) is 2. The van der Waals surface area contributed by atoms with Gasteiger partial charge in [-0.3, -0.25) is 0 Å². The van der Waals surface area contributed by atoms with Crippen molar-refractivity contribution in [3.8, 4) is 5.75 Å². The van der Waals surface area contributed by atoms with Crippen molar-refractivity contribution in [2.75, 3.05) is 13.7 Å². The van der Waals surface area contributed by atoms with Gasteiger partial charge < -0.3 is 19.6 Å². The average molecular weight is 235 g/mol. The van der Waals surface area contributed by atoms with Crippen LogP contribution in [0.25, 0.3) is 11.0 Å². The number of amides is 1. The van der Waals surface area contributed by atoms with Gasteiger partial charge in [0, 0.05) is 18.0 Å². The van der Waals surface area contributed by atoms with Gasteiger partial charge in [-0.15, -0.1) is 0 Å². The lowest BCUT2D eigenvalue weighted by Gasteiger charge is -2.08. The van der Waals surface area contributed by atoms with Gasteiger partial charge >= 0.3 is 6.09 Å². The molecule has 0 radical (unpaired) electrons. The van der Waals surface area contributed by atoms with Gasteiger partial charge in [0.05, 0.1) is 13.4 Å². The number of rotatable bonds is 4. The molecule has 1 aromatic carbocycles. The van der Waals surface area contributed by atoms with Crippen molar-refractivity contribution in [3.05, 3.63) is 30.0 Å². The first-order valence-electron chi connectivity index (χ1n) is 5.21. The van der Waals surface area contributed by atoms with Gasteiger partial charge in [0.15, 0.2) is 0 Å². The molecule has 0 aliphatic carbocycles. The fourth-order valence-electron chi connectivity index (χ4n) is 1.73. The molecule has 0 saturated heterocycles. The zero-order valence-electron chi connectivity index (χ0n) is 9.40. The molecule has 90 valence electrons. The Kier molecular flexibility index (Phi) is 3.18. The first-order chi connectivity index (χ1) is 8.20. The van der Waals surface area contributed by atoms with Crippen molar-refractivity contribution in [3.63, 3.8) is 0 Å². The Hall–Kier alpha value is -2.17. The van der Waals surface area contributed by atoms with E-state index in [9.17, 15) is 4.79 Å². The lowest BCUT2D eigenvalue weighted by molar-refractivity contribution is 0.194. The summed E-state index contributed by atoms with van der Waals surface area (Å²) < 4.78 is 10.5. The van der Waals surface area contributed by atoms with E-state index >= 15 is 0 Å². The number of carbonyl (C=O) groups is 1. The SMILES string of the molecule is COc1cc2occc2cc1CCNC(=O)O. The van der Waals surface area contributed by atoms with Crippen molar-refractivity contribution in [1.82, 2.24) is 5.32 Å². The molecule has 1 amide bonds. The van der Waals surface area contributed by atoms with E-state index in [1.165, 1.54) is 0 Å². The predicted octanol–water partition coefficient (Wildman–Crippen LogP) is 2.25. The minimum atomic E-state index is -1.02. The monoisotopic (exact) mass is 235 g/mol. The molecule has 0 unspecified atom stereocenters. The second kappa shape index (κ2) is 4.78. The number of hydrogen-bond acceptors (Lipinski definition) is 3. The second-order valence-electron chi connectivity index (χ2n) is 3.60. The van der Waals surface area contributed by atoms with Gasteiger partial charge in [0.1, 0.15) is 11.3 Å². The maximum atomic E-state index is 10.4. The summed E-state index contributed by atoms with van der Waals surface area (Å²) in [5, 5.41) is 11.8. The van der Waals surface area contributed by atoms with Gasteiger partial charge in [-0.1, -0.05) is 0 Å². The molecule has 0 saturated carbocycles. The van der Waals surface area contributed by atoms with Crippen LogP contribution in [0.4, 0.5) is 4.79 Å². The van der Waals surface area contributed by atoms with Gasteiger partial charge in [0.25, 0.3) is 0 Å². The standard InChI is InChI=1S/C12H13NO4/c1-16-10-7-11-9(3-5-17-11)6-8(10)2-4-13-12(14)15/h3,5-7,13H,2,4H2,1H3,(H,14,15). The Labute approximate surface area is 98.0 Å². The molecule has 1 heterocycles. The maximum Gasteiger partial charge on any atom is 0.404 e. The molecule has 0 bridgehead atoms. The third-order valence-corrected chi connectivity index (χ3v) is 2.53. The lowest BCUT2D eigenvalue weighted by atomic mass is 10.1. The molecule has 0 atom stereocenters. The Bertz CT molecular complexity index is 532. The molecule has 5 heteroatoms. The molecular formula is C12H13NO4. The molecule has 2 rings (SSSR count). The number of furan rings is 1. The van der Waals surface area contributed by atoms with Crippen LogP contribution < -0.4 is 10.1 Å². The second-order valence-corrected chi connectivity index (χ2v) is 3.60. The first-order valence-corrected chi connectivity index (χ1v) is 5.21. The summed E-state index contributed by atoms with van der Waals surface area (Å²) in [6.45, 7) is 0.356. The third kappa shape index (κ3) is 2.50. The first kappa shape index (κ1) is 11.3. The quantitative estimate of drug-likeness (QED) is 0.852.